The second-order valence-corrected chi connectivity index (χ2v) is 2.64. The molecule has 0 aromatic heterocycles. The Kier molecular flexibility index (Phi) is 2.27. The number of nitrogens with two attached hydrogens (primary N) is 1. The van der Waals surface area contributed by atoms with Gasteiger partial charge in [0.15, 0.2) is 0 Å². The molecule has 0 unspecified atom stereocenters. The first kappa shape index (κ1) is 9.18. The minimum atomic E-state index is -1.04. The number of rotatable bonds is 2. The van der Waals surface area contributed by atoms with Crippen LogP contribution in [0.1, 0.15) is 15.9 Å². The SMILES string of the molecule is Cc1cc(N)c(N=N)cc1C(=O)O. The first-order valence-electron chi connectivity index (χ1n) is 3.57. The molecule has 13 heavy (non-hydrogen) atoms. The van der Waals surface area contributed by atoms with Crippen molar-refractivity contribution in [1.82, 2.24) is 0 Å². The number of nitrogens with zero attached hydrogens (tertiary/aromatic N) is 1. The quantitative estimate of drug-likeness (QED) is 0.477. The number of hydrogen-bond acceptors (Lipinski definition) is 4. The summed E-state index contributed by atoms with van der Waals surface area (Å²) < 4.78 is 0. The molecule has 4 N–H and O–H groups in total. The summed E-state index contributed by atoms with van der Waals surface area (Å²) in [6.45, 7) is 1.65. The lowest BCUT2D eigenvalue weighted by molar-refractivity contribution is 0.0696. The Morgan fingerprint density at radius 3 is 2.69 bits per heavy atom. The van der Waals surface area contributed by atoms with Gasteiger partial charge in [-0.05, 0) is 24.6 Å². The largest absolute Gasteiger partial charge is 0.478 e. The number of carboxylic acids is 1. The van der Waals surface area contributed by atoms with Crippen molar-refractivity contribution in [3.8, 4) is 0 Å². The van der Waals surface area contributed by atoms with E-state index in [4.69, 9.17) is 16.4 Å². The molecule has 0 saturated carbocycles. The standard InChI is InChI=1S/C8H9N3O2/c1-4-2-6(9)7(11-10)3-5(4)8(12)13/h2-3,10H,9H2,1H3,(H,12,13). The highest BCUT2D eigenvalue weighted by Gasteiger charge is 2.10. The zero-order chi connectivity index (χ0) is 10.0. The van der Waals surface area contributed by atoms with E-state index in [1.165, 1.54) is 12.1 Å². The van der Waals surface area contributed by atoms with E-state index in [1.807, 2.05) is 0 Å². The summed E-state index contributed by atoms with van der Waals surface area (Å²) >= 11 is 0. The average molecular weight is 179 g/mol. The molecule has 0 aliphatic rings. The van der Waals surface area contributed by atoms with Crippen LogP contribution in [0.4, 0.5) is 11.4 Å². The number of aryl methyl sites for hydroxylation is 1. The molecule has 1 aromatic carbocycles. The zero-order valence-electron chi connectivity index (χ0n) is 7.03. The summed E-state index contributed by atoms with van der Waals surface area (Å²) in [6, 6.07) is 2.79. The van der Waals surface area contributed by atoms with Crippen molar-refractivity contribution in [2.45, 2.75) is 6.92 Å². The van der Waals surface area contributed by atoms with Gasteiger partial charge in [0.2, 0.25) is 0 Å². The predicted octanol–water partition coefficient (Wildman–Crippen LogP) is 1.94. The molecule has 0 saturated heterocycles. The van der Waals surface area contributed by atoms with Gasteiger partial charge in [-0.3, -0.25) is 0 Å². The molecule has 0 heterocycles. The highest BCUT2D eigenvalue weighted by molar-refractivity contribution is 5.91. The van der Waals surface area contributed by atoms with E-state index in [1.54, 1.807) is 6.92 Å². The van der Waals surface area contributed by atoms with Crippen molar-refractivity contribution in [2.75, 3.05) is 5.73 Å². The van der Waals surface area contributed by atoms with Crippen LogP contribution in [0.3, 0.4) is 0 Å². The van der Waals surface area contributed by atoms with Gasteiger partial charge in [-0.2, -0.15) is 5.11 Å². The minimum absolute atomic E-state index is 0.125. The lowest BCUT2D eigenvalue weighted by atomic mass is 10.1. The van der Waals surface area contributed by atoms with Gasteiger partial charge in [-0.25, -0.2) is 10.3 Å². The second kappa shape index (κ2) is 3.22. The molecule has 0 aliphatic carbocycles. The fourth-order valence-corrected chi connectivity index (χ4v) is 1.05. The Labute approximate surface area is 74.7 Å². The summed E-state index contributed by atoms with van der Waals surface area (Å²) in [5.74, 6) is -1.04. The first-order valence-corrected chi connectivity index (χ1v) is 3.57. The topological polar surface area (TPSA) is 99.5 Å². The lowest BCUT2D eigenvalue weighted by Crippen LogP contribution is -2.00. The molecule has 0 spiro atoms. The van der Waals surface area contributed by atoms with Crippen LogP contribution in [0.15, 0.2) is 17.2 Å². The summed E-state index contributed by atoms with van der Waals surface area (Å²) in [5.41, 5.74) is 13.4. The number of carbonyl (C=O) groups is 1. The molecule has 0 amide bonds. The van der Waals surface area contributed by atoms with Crippen molar-refractivity contribution in [3.05, 3.63) is 23.3 Å². The van der Waals surface area contributed by atoms with Gasteiger partial charge < -0.3 is 10.8 Å². The van der Waals surface area contributed by atoms with Gasteiger partial charge in [0.05, 0.1) is 11.3 Å². The van der Waals surface area contributed by atoms with Crippen LogP contribution >= 0.6 is 0 Å². The van der Waals surface area contributed by atoms with Crippen molar-refractivity contribution in [3.63, 3.8) is 0 Å². The predicted molar refractivity (Wildman–Crippen MR) is 47.4 cm³/mol. The van der Waals surface area contributed by atoms with Crippen LogP contribution in [-0.2, 0) is 0 Å². The van der Waals surface area contributed by atoms with E-state index in [0.717, 1.165) is 0 Å². The highest BCUT2D eigenvalue weighted by Crippen LogP contribution is 2.25. The van der Waals surface area contributed by atoms with Gasteiger partial charge in [0.1, 0.15) is 5.69 Å². The van der Waals surface area contributed by atoms with Crippen molar-refractivity contribution < 1.29 is 9.90 Å². The van der Waals surface area contributed by atoms with Gasteiger partial charge in [0, 0.05) is 0 Å². The molecule has 1 rings (SSSR count). The first-order chi connectivity index (χ1) is 6.06. The van der Waals surface area contributed by atoms with Gasteiger partial charge in [-0.15, -0.1) is 0 Å². The Morgan fingerprint density at radius 2 is 2.23 bits per heavy atom. The molecule has 68 valence electrons. The molecular formula is C8H9N3O2. The Morgan fingerprint density at radius 1 is 1.62 bits per heavy atom. The maximum atomic E-state index is 10.7. The van der Waals surface area contributed by atoms with Crippen LogP contribution in [0.5, 0.6) is 0 Å². The third-order valence-electron chi connectivity index (χ3n) is 1.72. The summed E-state index contributed by atoms with van der Waals surface area (Å²) in [6.07, 6.45) is 0. The van der Waals surface area contributed by atoms with E-state index in [2.05, 4.69) is 5.11 Å². The molecule has 0 fully saturated rings. The summed E-state index contributed by atoms with van der Waals surface area (Å²) in [4.78, 5) is 10.7. The van der Waals surface area contributed by atoms with E-state index in [9.17, 15) is 4.79 Å². The van der Waals surface area contributed by atoms with Crippen LogP contribution in [-0.4, -0.2) is 11.1 Å². The molecule has 0 atom stereocenters. The normalized spacial score (nSPS) is 9.62. The van der Waals surface area contributed by atoms with E-state index in [-0.39, 0.29) is 11.3 Å². The van der Waals surface area contributed by atoms with Crippen molar-refractivity contribution in [2.24, 2.45) is 5.11 Å². The minimum Gasteiger partial charge on any atom is -0.478 e. The molecule has 0 bridgehead atoms. The monoisotopic (exact) mass is 179 g/mol. The molecule has 5 heteroatoms. The van der Waals surface area contributed by atoms with Gasteiger partial charge in [0.25, 0.3) is 0 Å². The Hall–Kier alpha value is -1.91. The summed E-state index contributed by atoms with van der Waals surface area (Å²) in [7, 11) is 0. The average Bonchev–Trinajstić information content (AvgIpc) is 2.03. The van der Waals surface area contributed by atoms with Crippen molar-refractivity contribution in [1.29, 1.82) is 5.53 Å². The number of carboxylic acid groups (broad SMARTS) is 1. The summed E-state index contributed by atoms with van der Waals surface area (Å²) in [5, 5.41) is 11.8. The van der Waals surface area contributed by atoms with E-state index < -0.39 is 5.97 Å². The molecule has 0 radical (unpaired) electrons. The molecule has 5 nitrogen and oxygen atoms in total. The van der Waals surface area contributed by atoms with Crippen LogP contribution in [0, 0.1) is 12.5 Å². The smallest absolute Gasteiger partial charge is 0.336 e. The zero-order valence-corrected chi connectivity index (χ0v) is 7.03. The third kappa shape index (κ3) is 1.64. The van der Waals surface area contributed by atoms with Crippen molar-refractivity contribution >= 4 is 17.3 Å². The van der Waals surface area contributed by atoms with Gasteiger partial charge >= 0.3 is 5.97 Å². The lowest BCUT2D eigenvalue weighted by Gasteiger charge is -2.04. The van der Waals surface area contributed by atoms with Crippen LogP contribution < -0.4 is 5.73 Å². The number of nitrogen functional groups attached to an aromatic ring is 1. The third-order valence-corrected chi connectivity index (χ3v) is 1.72. The molecular weight excluding hydrogens is 170 g/mol. The fourth-order valence-electron chi connectivity index (χ4n) is 1.05. The maximum absolute atomic E-state index is 10.7. The number of benzene rings is 1. The van der Waals surface area contributed by atoms with Crippen LogP contribution in [0.25, 0.3) is 0 Å². The number of anilines is 1. The molecule has 0 aliphatic heterocycles. The fraction of sp³-hybridized carbons (Fsp3) is 0.125. The van der Waals surface area contributed by atoms with Crippen LogP contribution in [0.2, 0.25) is 0 Å². The maximum Gasteiger partial charge on any atom is 0.336 e. The van der Waals surface area contributed by atoms with Gasteiger partial charge in [-0.1, -0.05) is 0 Å². The Balaban J connectivity index is 3.38. The number of aromatic carboxylic acids is 1. The molecule has 1 aromatic rings. The second-order valence-electron chi connectivity index (χ2n) is 2.64. The highest BCUT2D eigenvalue weighted by atomic mass is 16.4. The van der Waals surface area contributed by atoms with E-state index >= 15 is 0 Å². The number of hydrogen-bond donors (Lipinski definition) is 3. The van der Waals surface area contributed by atoms with E-state index in [0.29, 0.717) is 11.3 Å². The Bertz CT molecular complexity index is 374. The number of nitrogens with one attached hydrogen (secondary N) is 1.